The summed E-state index contributed by atoms with van der Waals surface area (Å²) in [5, 5.41) is 6.74. The van der Waals surface area contributed by atoms with Crippen LogP contribution in [-0.2, 0) is 0 Å². The van der Waals surface area contributed by atoms with Gasteiger partial charge in [0.05, 0.1) is 0 Å². The van der Waals surface area contributed by atoms with Crippen LogP contribution in [0.4, 0.5) is 0 Å². The van der Waals surface area contributed by atoms with Crippen LogP contribution in [0, 0.1) is 0 Å². The van der Waals surface area contributed by atoms with Gasteiger partial charge >= 0.3 is 0 Å². The second-order valence-corrected chi connectivity index (χ2v) is 14.4. The molecule has 9 aromatic carbocycles. The fourth-order valence-corrected chi connectivity index (χ4v) is 8.10. The molecule has 0 atom stereocenters. The summed E-state index contributed by atoms with van der Waals surface area (Å²) in [6.07, 6.45) is 0. The number of hydrogen-bond donors (Lipinski definition) is 0. The van der Waals surface area contributed by atoms with Crippen molar-refractivity contribution >= 4 is 43.5 Å². The first-order valence-electron chi connectivity index (χ1n) is 19.2. The molecule has 4 nitrogen and oxygen atoms in total. The lowest BCUT2D eigenvalue weighted by Gasteiger charge is -2.14. The molecule has 11 rings (SSSR count). The number of hydrogen-bond acceptors (Lipinski definition) is 4. The first-order chi connectivity index (χ1) is 28.2. The molecule has 0 aliphatic heterocycles. The molecule has 11 aromatic rings. The molecule has 0 unspecified atom stereocenters. The minimum absolute atomic E-state index is 0.621. The molecule has 2 heterocycles. The van der Waals surface area contributed by atoms with E-state index in [1.807, 2.05) is 12.1 Å². The second-order valence-electron chi connectivity index (χ2n) is 14.4. The van der Waals surface area contributed by atoms with Crippen molar-refractivity contribution in [2.24, 2.45) is 0 Å². The van der Waals surface area contributed by atoms with Crippen molar-refractivity contribution in [2.45, 2.75) is 0 Å². The van der Waals surface area contributed by atoms with E-state index >= 15 is 0 Å². The summed E-state index contributed by atoms with van der Waals surface area (Å²) in [5.41, 5.74) is 11.4. The molecule has 2 aromatic heterocycles. The van der Waals surface area contributed by atoms with E-state index in [4.69, 9.17) is 19.4 Å². The predicted molar refractivity (Wildman–Crippen MR) is 235 cm³/mol. The number of aromatic nitrogens is 3. The van der Waals surface area contributed by atoms with Crippen molar-refractivity contribution in [2.75, 3.05) is 0 Å². The molecule has 0 spiro atoms. The number of benzene rings is 9. The highest BCUT2D eigenvalue weighted by Crippen LogP contribution is 2.42. The Morgan fingerprint density at radius 3 is 1.37 bits per heavy atom. The molecule has 0 bridgehead atoms. The molecule has 0 N–H and O–H groups in total. The predicted octanol–water partition coefficient (Wildman–Crippen LogP) is 14.1. The van der Waals surface area contributed by atoms with Gasteiger partial charge in [-0.3, -0.25) is 0 Å². The summed E-state index contributed by atoms with van der Waals surface area (Å²) in [6.45, 7) is 0. The van der Waals surface area contributed by atoms with Crippen LogP contribution in [0.3, 0.4) is 0 Å². The molecule has 57 heavy (non-hydrogen) atoms. The minimum atomic E-state index is 0.621. The maximum absolute atomic E-state index is 6.48. The number of fused-ring (bicyclic) bond motifs is 5. The van der Waals surface area contributed by atoms with Gasteiger partial charge in [0.1, 0.15) is 11.2 Å². The molecule has 0 aliphatic carbocycles. The minimum Gasteiger partial charge on any atom is -0.456 e. The van der Waals surface area contributed by atoms with Crippen LogP contribution >= 0.6 is 0 Å². The zero-order chi connectivity index (χ0) is 37.7. The Morgan fingerprint density at radius 1 is 0.281 bits per heavy atom. The first kappa shape index (κ1) is 32.7. The Hall–Kier alpha value is -7.69. The zero-order valence-electron chi connectivity index (χ0n) is 30.8. The SMILES string of the molecule is c1ccc(-c2ccc(-c3nc(-c4ccc(-c5ccccc5)cc4)nc(-c4ccc(-c5cccc6oc7cc8ccccc8cc7c56)c5ccccc45)n3)cc2)cc1. The molecule has 0 radical (unpaired) electrons. The average Bonchev–Trinajstić information content (AvgIpc) is 3.66. The van der Waals surface area contributed by atoms with Crippen molar-refractivity contribution < 1.29 is 4.42 Å². The Kier molecular flexibility index (Phi) is 7.78. The van der Waals surface area contributed by atoms with Crippen LogP contribution in [-0.4, -0.2) is 15.0 Å². The van der Waals surface area contributed by atoms with Gasteiger partial charge < -0.3 is 4.42 Å². The fraction of sp³-hybridized carbons (Fsp3) is 0. The van der Waals surface area contributed by atoms with Gasteiger partial charge in [-0.2, -0.15) is 0 Å². The van der Waals surface area contributed by atoms with Crippen molar-refractivity contribution in [3.8, 4) is 67.5 Å². The summed E-state index contributed by atoms with van der Waals surface area (Å²) < 4.78 is 6.48. The van der Waals surface area contributed by atoms with Crippen LogP contribution in [0.2, 0.25) is 0 Å². The van der Waals surface area contributed by atoms with Gasteiger partial charge in [0.15, 0.2) is 17.5 Å². The maximum Gasteiger partial charge on any atom is 0.164 e. The summed E-state index contributed by atoms with van der Waals surface area (Å²) in [5.74, 6) is 1.86. The Bertz CT molecular complexity index is 3160. The first-order valence-corrected chi connectivity index (χ1v) is 19.2. The van der Waals surface area contributed by atoms with Gasteiger partial charge in [-0.25, -0.2) is 15.0 Å². The molecular weight excluding hydrogens is 695 g/mol. The molecule has 0 saturated carbocycles. The van der Waals surface area contributed by atoms with Crippen molar-refractivity contribution in [1.82, 2.24) is 15.0 Å². The third-order valence-electron chi connectivity index (χ3n) is 11.0. The third-order valence-corrected chi connectivity index (χ3v) is 11.0. The van der Waals surface area contributed by atoms with Crippen LogP contribution in [0.1, 0.15) is 0 Å². The van der Waals surface area contributed by atoms with E-state index in [-0.39, 0.29) is 0 Å². The highest BCUT2D eigenvalue weighted by Gasteiger charge is 2.19. The smallest absolute Gasteiger partial charge is 0.164 e. The van der Waals surface area contributed by atoms with E-state index in [0.717, 1.165) is 77.0 Å². The highest BCUT2D eigenvalue weighted by molar-refractivity contribution is 6.18. The Morgan fingerprint density at radius 2 is 0.754 bits per heavy atom. The fourth-order valence-electron chi connectivity index (χ4n) is 8.10. The van der Waals surface area contributed by atoms with Gasteiger partial charge in [-0.15, -0.1) is 0 Å². The largest absolute Gasteiger partial charge is 0.456 e. The zero-order valence-corrected chi connectivity index (χ0v) is 30.8. The highest BCUT2D eigenvalue weighted by atomic mass is 16.3. The van der Waals surface area contributed by atoms with Crippen LogP contribution < -0.4 is 0 Å². The van der Waals surface area contributed by atoms with Gasteiger partial charge in [-0.05, 0) is 79.2 Å². The molecular formula is C53H33N3O. The van der Waals surface area contributed by atoms with E-state index in [1.54, 1.807) is 0 Å². The molecule has 0 amide bonds. The lowest BCUT2D eigenvalue weighted by Crippen LogP contribution is -2.01. The summed E-state index contributed by atoms with van der Waals surface area (Å²) in [7, 11) is 0. The van der Waals surface area contributed by atoms with Gasteiger partial charge in [-0.1, -0.05) is 176 Å². The number of rotatable bonds is 6. The molecule has 4 heteroatoms. The van der Waals surface area contributed by atoms with Crippen molar-refractivity contribution in [3.63, 3.8) is 0 Å². The average molecular weight is 728 g/mol. The number of furan rings is 1. The molecule has 0 saturated heterocycles. The van der Waals surface area contributed by atoms with Crippen molar-refractivity contribution in [3.05, 3.63) is 200 Å². The summed E-state index contributed by atoms with van der Waals surface area (Å²) >= 11 is 0. The number of nitrogens with zero attached hydrogens (tertiary/aromatic N) is 3. The summed E-state index contributed by atoms with van der Waals surface area (Å²) in [6, 6.07) is 69.9. The molecule has 0 fully saturated rings. The standard InChI is InChI=1S/C53H33N3O/c1-3-12-34(13-4-1)36-22-26-38(27-23-36)51-54-52(39-28-24-37(25-29-39)35-14-5-2-6-15-35)56-53(55-51)46-31-30-44(42-18-9-10-19-43(42)46)45-20-11-21-48-50(45)47-32-40-16-7-8-17-41(40)33-49(47)57-48/h1-33H. The van der Waals surface area contributed by atoms with Crippen LogP contribution in [0.25, 0.3) is 111 Å². The quantitative estimate of drug-likeness (QED) is 0.171. The van der Waals surface area contributed by atoms with Crippen LogP contribution in [0.5, 0.6) is 0 Å². The maximum atomic E-state index is 6.48. The Balaban J connectivity index is 1.08. The van der Waals surface area contributed by atoms with Crippen molar-refractivity contribution in [1.29, 1.82) is 0 Å². The van der Waals surface area contributed by atoms with Crippen LogP contribution in [0.15, 0.2) is 205 Å². The second kappa shape index (κ2) is 13.6. The normalized spacial score (nSPS) is 11.5. The van der Waals surface area contributed by atoms with E-state index < -0.39 is 0 Å². The van der Waals surface area contributed by atoms with E-state index in [9.17, 15) is 0 Å². The monoisotopic (exact) mass is 727 g/mol. The van der Waals surface area contributed by atoms with Gasteiger partial charge in [0.25, 0.3) is 0 Å². The summed E-state index contributed by atoms with van der Waals surface area (Å²) in [4.78, 5) is 15.5. The lowest BCUT2D eigenvalue weighted by atomic mass is 9.92. The molecule has 266 valence electrons. The van der Waals surface area contributed by atoms with E-state index in [0.29, 0.717) is 17.5 Å². The van der Waals surface area contributed by atoms with Gasteiger partial charge in [0.2, 0.25) is 0 Å². The topological polar surface area (TPSA) is 51.8 Å². The van der Waals surface area contributed by atoms with E-state index in [2.05, 4.69) is 188 Å². The third kappa shape index (κ3) is 5.83. The van der Waals surface area contributed by atoms with Gasteiger partial charge in [0, 0.05) is 27.5 Å². The molecule has 0 aliphatic rings. The van der Waals surface area contributed by atoms with E-state index in [1.165, 1.54) is 16.5 Å². The lowest BCUT2D eigenvalue weighted by molar-refractivity contribution is 0.669. The Labute approximate surface area is 329 Å².